The molecule has 0 aliphatic rings. The van der Waals surface area contributed by atoms with Gasteiger partial charge in [0.05, 0.1) is 6.20 Å². The third-order valence-electron chi connectivity index (χ3n) is 0.882. The summed E-state index contributed by atoms with van der Waals surface area (Å²) < 4.78 is 4.52. The van der Waals surface area contributed by atoms with Crippen LogP contribution >= 0.6 is 18.5 Å². The summed E-state index contributed by atoms with van der Waals surface area (Å²) in [5, 5.41) is 7.48. The molecular weight excluding hydrogens is 221 g/mol. The van der Waals surface area contributed by atoms with Crippen LogP contribution in [0.15, 0.2) is 11.2 Å². The van der Waals surface area contributed by atoms with Crippen LogP contribution in [-0.4, -0.2) is 31.2 Å². The fourth-order valence-corrected chi connectivity index (χ4v) is 1.45. The number of nitrogens with zero attached hydrogens (tertiary/aromatic N) is 3. The van der Waals surface area contributed by atoms with E-state index in [-0.39, 0.29) is 0 Å². The van der Waals surface area contributed by atoms with E-state index in [1.807, 2.05) is 0 Å². The molecule has 0 fully saturated rings. The Morgan fingerprint density at radius 2 is 2.42 bits per heavy atom. The van der Waals surface area contributed by atoms with Gasteiger partial charge in [0.2, 0.25) is 0 Å². The van der Waals surface area contributed by atoms with E-state index in [0.717, 1.165) is 4.85 Å². The molecule has 0 aliphatic carbocycles. The molecule has 1 aromatic heterocycles. The van der Waals surface area contributed by atoms with E-state index in [1.165, 1.54) is 18.0 Å². The summed E-state index contributed by atoms with van der Waals surface area (Å²) >= 11 is 5.55. The topological polar surface area (TPSA) is 80.4 Å². The maximum Gasteiger partial charge on any atom is 0.397 e. The molecule has 1 rings (SSSR count). The van der Waals surface area contributed by atoms with Gasteiger partial charge in [-0.2, -0.15) is 0 Å². The second-order valence-corrected chi connectivity index (χ2v) is 5.12. The first kappa shape index (κ1) is 9.94. The van der Waals surface area contributed by atoms with Crippen LogP contribution in [0.1, 0.15) is 0 Å². The molecule has 2 N–H and O–H groups in total. The SMILES string of the molecule is CSc1cnnn1OP(O)(O)=S. The highest BCUT2D eigenvalue weighted by Gasteiger charge is 2.13. The Labute approximate surface area is 77.8 Å². The Balaban J connectivity index is 2.82. The molecule has 0 atom stereocenters. The molecule has 0 saturated heterocycles. The number of aromatic nitrogens is 3. The van der Waals surface area contributed by atoms with Gasteiger partial charge >= 0.3 is 6.72 Å². The summed E-state index contributed by atoms with van der Waals surface area (Å²) in [6.45, 7) is -3.71. The lowest BCUT2D eigenvalue weighted by Gasteiger charge is -2.08. The molecule has 1 heterocycles. The van der Waals surface area contributed by atoms with E-state index in [4.69, 9.17) is 9.79 Å². The molecule has 1 aromatic rings. The summed E-state index contributed by atoms with van der Waals surface area (Å²) in [5.74, 6) is 0. The Hall–Kier alpha value is -0.140. The van der Waals surface area contributed by atoms with E-state index in [2.05, 4.69) is 26.7 Å². The van der Waals surface area contributed by atoms with Gasteiger partial charge in [0.25, 0.3) is 0 Å². The zero-order valence-corrected chi connectivity index (χ0v) is 8.51. The molecule has 0 saturated carbocycles. The van der Waals surface area contributed by atoms with Crippen LogP contribution in [0.3, 0.4) is 0 Å². The normalized spacial score (nSPS) is 11.6. The number of hydrogen-bond acceptors (Lipinski definition) is 5. The maximum absolute atomic E-state index is 8.77. The van der Waals surface area contributed by atoms with Crippen molar-refractivity contribution >= 4 is 30.3 Å². The van der Waals surface area contributed by atoms with E-state index in [1.54, 1.807) is 6.26 Å². The summed E-state index contributed by atoms with van der Waals surface area (Å²) in [7, 11) is 0. The van der Waals surface area contributed by atoms with E-state index < -0.39 is 6.72 Å². The second kappa shape index (κ2) is 3.71. The van der Waals surface area contributed by atoms with Gasteiger partial charge < -0.3 is 14.4 Å². The van der Waals surface area contributed by atoms with Crippen molar-refractivity contribution in [3.05, 3.63) is 6.20 Å². The zero-order valence-electron chi connectivity index (χ0n) is 5.99. The van der Waals surface area contributed by atoms with Crippen LogP contribution in [0.25, 0.3) is 0 Å². The van der Waals surface area contributed by atoms with Gasteiger partial charge in [-0.05, 0) is 11.5 Å². The predicted octanol–water partition coefficient (Wildman–Crippen LogP) is -0.362. The summed E-state index contributed by atoms with van der Waals surface area (Å²) in [4.78, 5) is 18.4. The maximum atomic E-state index is 8.77. The summed E-state index contributed by atoms with van der Waals surface area (Å²) in [5.41, 5.74) is 0. The first-order valence-electron chi connectivity index (χ1n) is 2.73. The zero-order chi connectivity index (χ0) is 9.19. The average molecular weight is 227 g/mol. The molecule has 0 radical (unpaired) electrons. The van der Waals surface area contributed by atoms with Crippen molar-refractivity contribution in [1.82, 2.24) is 15.2 Å². The Morgan fingerprint density at radius 3 is 2.92 bits per heavy atom. The van der Waals surface area contributed by atoms with Gasteiger partial charge in [-0.1, -0.05) is 4.85 Å². The number of thioether (sulfide) groups is 1. The fourth-order valence-electron chi connectivity index (χ4n) is 0.504. The van der Waals surface area contributed by atoms with Gasteiger partial charge in [0.15, 0.2) is 5.03 Å². The van der Waals surface area contributed by atoms with Crippen LogP contribution in [0.2, 0.25) is 0 Å². The Morgan fingerprint density at radius 1 is 1.75 bits per heavy atom. The van der Waals surface area contributed by atoms with Crippen LogP contribution in [-0.2, 0) is 11.8 Å². The van der Waals surface area contributed by atoms with Crippen molar-refractivity contribution in [2.75, 3.05) is 6.26 Å². The summed E-state index contributed by atoms with van der Waals surface area (Å²) in [6, 6.07) is 0. The Bertz CT molecular complexity index is 309. The molecule has 9 heteroatoms. The monoisotopic (exact) mass is 227 g/mol. The molecule has 0 unspecified atom stereocenters. The smallest absolute Gasteiger partial charge is 0.314 e. The highest BCUT2D eigenvalue weighted by molar-refractivity contribution is 8.06. The van der Waals surface area contributed by atoms with Crippen molar-refractivity contribution in [3.8, 4) is 0 Å². The van der Waals surface area contributed by atoms with E-state index in [0.29, 0.717) is 5.03 Å². The van der Waals surface area contributed by atoms with Crippen LogP contribution in [0.5, 0.6) is 0 Å². The van der Waals surface area contributed by atoms with Crippen molar-refractivity contribution < 1.29 is 14.4 Å². The molecule has 0 bridgehead atoms. The lowest BCUT2D eigenvalue weighted by atomic mass is 10.9. The third-order valence-corrected chi connectivity index (χ3v) is 2.13. The van der Waals surface area contributed by atoms with Gasteiger partial charge in [0.1, 0.15) is 0 Å². The largest absolute Gasteiger partial charge is 0.397 e. The molecule has 6 nitrogen and oxygen atoms in total. The summed E-state index contributed by atoms with van der Waals surface area (Å²) in [6.07, 6.45) is 3.20. The molecule has 0 spiro atoms. The first-order valence-corrected chi connectivity index (χ1v) is 6.58. The van der Waals surface area contributed by atoms with Gasteiger partial charge in [-0.3, -0.25) is 0 Å². The third kappa shape index (κ3) is 2.72. The minimum atomic E-state index is -3.71. The molecule has 12 heavy (non-hydrogen) atoms. The molecule has 68 valence electrons. The first-order chi connectivity index (χ1) is 5.53. The minimum absolute atomic E-state index is 0.548. The number of rotatable bonds is 3. The van der Waals surface area contributed by atoms with Crippen molar-refractivity contribution in [1.29, 1.82) is 0 Å². The average Bonchev–Trinajstić information content (AvgIpc) is 2.31. The van der Waals surface area contributed by atoms with Gasteiger partial charge in [-0.15, -0.1) is 16.9 Å². The molecular formula is C3H6N3O3PS2. The quantitative estimate of drug-likeness (QED) is 0.539. The van der Waals surface area contributed by atoms with Crippen molar-refractivity contribution in [3.63, 3.8) is 0 Å². The fraction of sp³-hybridized carbons (Fsp3) is 0.333. The van der Waals surface area contributed by atoms with E-state index in [9.17, 15) is 0 Å². The van der Waals surface area contributed by atoms with Gasteiger partial charge in [0, 0.05) is 11.8 Å². The van der Waals surface area contributed by atoms with Crippen molar-refractivity contribution in [2.24, 2.45) is 0 Å². The lowest BCUT2D eigenvalue weighted by molar-refractivity contribution is 0.170. The highest BCUT2D eigenvalue weighted by Crippen LogP contribution is 2.32. The lowest BCUT2D eigenvalue weighted by Crippen LogP contribution is -2.10. The second-order valence-electron chi connectivity index (χ2n) is 1.72. The van der Waals surface area contributed by atoms with E-state index >= 15 is 0 Å². The number of hydrogen-bond donors (Lipinski definition) is 2. The predicted molar refractivity (Wildman–Crippen MR) is 47.1 cm³/mol. The van der Waals surface area contributed by atoms with Crippen LogP contribution < -0.4 is 4.62 Å². The van der Waals surface area contributed by atoms with Crippen LogP contribution in [0, 0.1) is 0 Å². The van der Waals surface area contributed by atoms with Crippen LogP contribution in [0.4, 0.5) is 0 Å². The molecule has 0 aliphatic heterocycles. The van der Waals surface area contributed by atoms with Gasteiger partial charge in [-0.25, -0.2) is 0 Å². The molecule has 0 aromatic carbocycles. The molecule has 0 amide bonds. The highest BCUT2D eigenvalue weighted by atomic mass is 32.5. The van der Waals surface area contributed by atoms with Crippen molar-refractivity contribution in [2.45, 2.75) is 5.03 Å². The Kier molecular flexibility index (Phi) is 3.08. The standard InChI is InChI=1S/C3H6N3O3PS2/c1-12-3-2-4-5-6(3)9-10(7,8)11/h2H,1H3,(H2,7,8,11). The minimum Gasteiger partial charge on any atom is -0.314 e.